The highest BCUT2D eigenvalue weighted by Crippen LogP contribution is 2.40. The molecule has 7 rings (SSSR count). The van der Waals surface area contributed by atoms with Crippen LogP contribution in [0.4, 0.5) is 37.7 Å². The first-order valence-corrected chi connectivity index (χ1v) is 22.1. The number of aryl methyl sites for hydroxylation is 3. The Balaban J connectivity index is 0.000000480. The average molecular weight is 1050 g/mol. The van der Waals surface area contributed by atoms with E-state index in [1.54, 1.807) is 30.1 Å². The third-order valence-electron chi connectivity index (χ3n) is 8.17. The summed E-state index contributed by atoms with van der Waals surface area (Å²) in [5.41, 5.74) is 2.97. The molecule has 5 aromatic heterocycles. The number of rotatable bonds is 8. The van der Waals surface area contributed by atoms with Crippen LogP contribution in [0.25, 0.3) is 44.6 Å². The van der Waals surface area contributed by atoms with Crippen molar-refractivity contribution in [2.45, 2.75) is 95.1 Å². The van der Waals surface area contributed by atoms with Crippen molar-refractivity contribution in [2.75, 3.05) is 12.4 Å². The highest BCUT2D eigenvalue weighted by Gasteiger charge is 2.35. The maximum absolute atomic E-state index is 12.8. The second-order valence-electron chi connectivity index (χ2n) is 11.7. The molecule has 0 saturated heterocycles. The molecule has 21 heteroatoms. The number of aromatic nitrogens is 6. The lowest BCUT2D eigenvalue weighted by Gasteiger charge is -2.13. The first-order valence-electron chi connectivity index (χ1n) is 20.6. The van der Waals surface area contributed by atoms with Crippen molar-refractivity contribution in [3.05, 3.63) is 97.8 Å². The normalized spacial score (nSPS) is 10.5. The summed E-state index contributed by atoms with van der Waals surface area (Å²) >= 11 is 6.10. The second kappa shape index (κ2) is 26.9. The van der Waals surface area contributed by atoms with Gasteiger partial charge in [-0.15, -0.1) is 26.3 Å². The lowest BCUT2D eigenvalue weighted by molar-refractivity contribution is -0.384. The first kappa shape index (κ1) is 57.3. The lowest BCUT2D eigenvalue weighted by atomic mass is 10.2. The van der Waals surface area contributed by atoms with Crippen LogP contribution in [0.5, 0.6) is 11.5 Å². The van der Waals surface area contributed by atoms with Crippen LogP contribution in [0, 0.1) is 10.1 Å². The highest BCUT2D eigenvalue weighted by molar-refractivity contribution is 9.10. The highest BCUT2D eigenvalue weighted by atomic mass is 79.9. The zero-order valence-electron chi connectivity index (χ0n) is 38.1. The van der Waals surface area contributed by atoms with Crippen LogP contribution in [0.1, 0.15) is 79.7 Å². The van der Waals surface area contributed by atoms with E-state index >= 15 is 0 Å². The molecule has 13 nitrogen and oxygen atoms in total. The number of nitrogens with one attached hydrogen (secondary N) is 1. The molecule has 0 bridgehead atoms. The summed E-state index contributed by atoms with van der Waals surface area (Å²) in [5, 5.41) is 14.9. The molecular weight excluding hydrogens is 994 g/mol. The van der Waals surface area contributed by atoms with Gasteiger partial charge in [0, 0.05) is 65.4 Å². The van der Waals surface area contributed by atoms with Crippen LogP contribution in [0.3, 0.4) is 0 Å². The summed E-state index contributed by atoms with van der Waals surface area (Å²) in [7, 11) is 2.94. The topological polar surface area (TPSA) is 144 Å². The molecule has 0 aliphatic carbocycles. The molecule has 0 spiro atoms. The number of halogens is 8. The number of imidazole rings is 1. The fraction of sp³-hybridized carbons (Fsp3) is 0.364. The minimum atomic E-state index is -4.92. The third-order valence-corrected chi connectivity index (χ3v) is 9.08. The molecule has 0 radical (unpaired) electrons. The number of hydrogen-bond acceptors (Lipinski definition) is 9. The Hall–Kier alpha value is -5.70. The van der Waals surface area contributed by atoms with Crippen LogP contribution in [0.2, 0.25) is 0 Å². The predicted molar refractivity (Wildman–Crippen MR) is 253 cm³/mol. The van der Waals surface area contributed by atoms with Gasteiger partial charge in [-0.2, -0.15) is 0 Å². The molecule has 0 fully saturated rings. The van der Waals surface area contributed by atoms with E-state index in [0.29, 0.717) is 28.1 Å². The summed E-state index contributed by atoms with van der Waals surface area (Å²) in [5.74, 6) is -0.429. The number of carbonyl (C=O) groups excluding carboxylic acids is 1. The van der Waals surface area contributed by atoms with Gasteiger partial charge in [0.1, 0.15) is 16.8 Å². The summed E-state index contributed by atoms with van der Waals surface area (Å²) in [4.78, 5) is 33.8. The molecule has 0 atom stereocenters. The second-order valence-corrected chi connectivity index (χ2v) is 13.5. The summed E-state index contributed by atoms with van der Waals surface area (Å²) in [6.07, 6.45) is -5.39. The molecule has 7 aromatic rings. The monoisotopic (exact) mass is 1050 g/mol. The van der Waals surface area contributed by atoms with Gasteiger partial charge >= 0.3 is 12.7 Å². The van der Waals surface area contributed by atoms with E-state index in [4.69, 9.17) is 0 Å². The molecule has 0 saturated carbocycles. The number of nitrogens with zero attached hydrogens (tertiary/aromatic N) is 7. The number of fused-ring (bicyclic) bond motifs is 3. The van der Waals surface area contributed by atoms with Gasteiger partial charge in [-0.3, -0.25) is 14.9 Å². The van der Waals surface area contributed by atoms with Gasteiger partial charge in [0.05, 0.1) is 21.8 Å². The number of anilines is 1. The predicted octanol–water partition coefficient (Wildman–Crippen LogP) is 14.5. The molecule has 65 heavy (non-hydrogen) atoms. The number of pyridine rings is 2. The van der Waals surface area contributed by atoms with Gasteiger partial charge in [-0.05, 0) is 68.4 Å². The summed E-state index contributed by atoms with van der Waals surface area (Å²) in [6, 6.07) is 16.4. The van der Waals surface area contributed by atoms with Gasteiger partial charge in [-0.25, -0.2) is 15.0 Å². The SMILES string of the molecule is CC.CC.CC.CC.CCn1c(-c2nc3cc(Br)cc(OC(F)(F)F)c3n2C)cc2cccnc21.CCn1c(C=O)cc2cccnc21.CNc1c(OC(F)(F)F)cc(Br)cc1[N+](=O)[O-]. The van der Waals surface area contributed by atoms with Crippen molar-refractivity contribution in [3.63, 3.8) is 0 Å². The molecule has 0 aliphatic heterocycles. The fourth-order valence-electron chi connectivity index (χ4n) is 6.01. The number of nitro groups is 1. The zero-order valence-corrected chi connectivity index (χ0v) is 41.3. The Kier molecular flexibility index (Phi) is 23.8. The molecule has 0 amide bonds. The van der Waals surface area contributed by atoms with Crippen molar-refractivity contribution in [2.24, 2.45) is 7.05 Å². The van der Waals surface area contributed by atoms with Crippen LogP contribution >= 0.6 is 31.9 Å². The minimum absolute atomic E-state index is 0.113. The largest absolute Gasteiger partial charge is 0.573 e. The van der Waals surface area contributed by atoms with Crippen molar-refractivity contribution in [3.8, 4) is 23.0 Å². The van der Waals surface area contributed by atoms with E-state index in [-0.39, 0.29) is 21.4 Å². The molecule has 5 heterocycles. The quantitative estimate of drug-likeness (QED) is 0.0680. The van der Waals surface area contributed by atoms with Crippen LogP contribution < -0.4 is 14.8 Å². The zero-order chi connectivity index (χ0) is 49.8. The van der Waals surface area contributed by atoms with Gasteiger partial charge in [0.15, 0.2) is 29.3 Å². The Labute approximate surface area is 390 Å². The Morgan fingerprint density at radius 1 is 0.754 bits per heavy atom. The van der Waals surface area contributed by atoms with Crippen molar-refractivity contribution in [1.82, 2.24) is 28.7 Å². The van der Waals surface area contributed by atoms with Gasteiger partial charge in [0.25, 0.3) is 5.69 Å². The fourth-order valence-corrected chi connectivity index (χ4v) is 6.86. The Bertz CT molecular complexity index is 2590. The van der Waals surface area contributed by atoms with E-state index < -0.39 is 29.1 Å². The smallest absolute Gasteiger partial charge is 0.403 e. The Morgan fingerprint density at radius 3 is 1.71 bits per heavy atom. The summed E-state index contributed by atoms with van der Waals surface area (Å²) in [6.45, 7) is 21.4. The van der Waals surface area contributed by atoms with E-state index in [2.05, 4.69) is 61.6 Å². The molecule has 1 N–H and O–H groups in total. The maximum atomic E-state index is 12.8. The van der Waals surface area contributed by atoms with E-state index in [1.807, 2.05) is 115 Å². The minimum Gasteiger partial charge on any atom is -0.403 e. The number of hydrogen-bond donors (Lipinski definition) is 1. The number of carbonyl (C=O) groups is 1. The van der Waals surface area contributed by atoms with Crippen molar-refractivity contribution in [1.29, 1.82) is 0 Å². The maximum Gasteiger partial charge on any atom is 0.573 e. The van der Waals surface area contributed by atoms with Gasteiger partial charge in [-0.1, -0.05) is 87.2 Å². The summed E-state index contributed by atoms with van der Waals surface area (Å²) < 4.78 is 88.8. The van der Waals surface area contributed by atoms with Crippen LogP contribution in [-0.2, 0) is 20.1 Å². The lowest BCUT2D eigenvalue weighted by Crippen LogP contribution is -2.18. The van der Waals surface area contributed by atoms with Crippen LogP contribution in [0.15, 0.2) is 82.0 Å². The van der Waals surface area contributed by atoms with Crippen LogP contribution in [-0.4, -0.2) is 59.6 Å². The van der Waals surface area contributed by atoms with Gasteiger partial charge < -0.3 is 28.5 Å². The number of ether oxygens (including phenoxy) is 2. The Morgan fingerprint density at radius 2 is 1.23 bits per heavy atom. The number of benzene rings is 2. The van der Waals surface area contributed by atoms with Gasteiger partial charge in [0.2, 0.25) is 0 Å². The molecular formula is C44H54Br2F6N8O5. The third kappa shape index (κ3) is 15.2. The molecule has 2 aromatic carbocycles. The number of aldehydes is 1. The van der Waals surface area contributed by atoms with E-state index in [1.165, 1.54) is 13.1 Å². The van der Waals surface area contributed by atoms with Crippen molar-refractivity contribution >= 4 is 82.6 Å². The molecule has 356 valence electrons. The molecule has 0 unspecified atom stereocenters. The van der Waals surface area contributed by atoms with E-state index in [9.17, 15) is 41.3 Å². The number of nitro benzene ring substituents is 1. The standard InChI is InChI=1S/C18H14BrF3N4O.C10H10N2O.C8H6BrF3N2O3.4C2H6/c1-3-26-13(7-10-5-4-6-23-16(10)26)17-24-12-8-11(19)9-14(15(12)25(17)2)27-18(20,21)22;1-2-12-9(7-13)6-8-4-3-5-11-10(8)12;1-13-7-5(14(15)16)2-4(9)3-6(7)17-8(10,11)12;4*1-2/h4-9H,3H2,1-2H3;3-7H,2H2,1H3;2-3,13H,1H3;4*1-2H3. The van der Waals surface area contributed by atoms with E-state index in [0.717, 1.165) is 52.7 Å². The molecule has 0 aliphatic rings. The first-order chi connectivity index (χ1) is 30.9. The number of alkyl halides is 6. The average Bonchev–Trinajstić information content (AvgIpc) is 3.95. The van der Waals surface area contributed by atoms with Crippen molar-refractivity contribution < 1.29 is 45.5 Å².